The summed E-state index contributed by atoms with van der Waals surface area (Å²) in [6, 6.07) is 11.7. The van der Waals surface area contributed by atoms with Gasteiger partial charge >= 0.3 is 0 Å². The highest BCUT2D eigenvalue weighted by molar-refractivity contribution is 5.14. The lowest BCUT2D eigenvalue weighted by atomic mass is 9.93. The van der Waals surface area contributed by atoms with Gasteiger partial charge in [0.05, 0.1) is 0 Å². The Labute approximate surface area is 97.6 Å². The first-order chi connectivity index (χ1) is 7.92. The molecule has 2 aliphatic heterocycles. The van der Waals surface area contributed by atoms with Gasteiger partial charge in [0.1, 0.15) is 0 Å². The van der Waals surface area contributed by atoms with E-state index in [0.29, 0.717) is 0 Å². The molecule has 1 aromatic carbocycles. The van der Waals surface area contributed by atoms with E-state index in [1.54, 1.807) is 0 Å². The van der Waals surface area contributed by atoms with Crippen LogP contribution >= 0.6 is 0 Å². The van der Waals surface area contributed by atoms with Gasteiger partial charge in [-0.1, -0.05) is 30.3 Å². The zero-order valence-electron chi connectivity index (χ0n) is 9.73. The number of rotatable bonds is 2. The molecule has 3 rings (SSSR count). The lowest BCUT2D eigenvalue weighted by Crippen LogP contribution is -2.43. The van der Waals surface area contributed by atoms with E-state index in [1.807, 2.05) is 0 Å². The van der Waals surface area contributed by atoms with Gasteiger partial charge < -0.3 is 5.32 Å². The molecular weight excluding hydrogens is 196 g/mol. The summed E-state index contributed by atoms with van der Waals surface area (Å²) < 4.78 is 0. The lowest BCUT2D eigenvalue weighted by Gasteiger charge is -2.34. The number of nitrogens with one attached hydrogen (secondary N) is 1. The molecule has 2 fully saturated rings. The minimum absolute atomic E-state index is 0.812. The summed E-state index contributed by atoms with van der Waals surface area (Å²) in [5.41, 5.74) is 1.45. The first-order valence-electron chi connectivity index (χ1n) is 6.41. The quantitative estimate of drug-likeness (QED) is 0.812. The fourth-order valence-electron chi connectivity index (χ4n) is 3.11. The average molecular weight is 216 g/mol. The van der Waals surface area contributed by atoms with Crippen molar-refractivity contribution in [3.63, 3.8) is 0 Å². The van der Waals surface area contributed by atoms with Gasteiger partial charge in [-0.3, -0.25) is 4.90 Å². The molecule has 2 heterocycles. The molecule has 0 unspecified atom stereocenters. The highest BCUT2D eigenvalue weighted by atomic mass is 15.2. The number of likely N-dealkylation sites (tertiary alicyclic amines) is 1. The Balaban J connectivity index is 1.60. The predicted molar refractivity (Wildman–Crippen MR) is 66.2 cm³/mol. The van der Waals surface area contributed by atoms with Crippen LogP contribution in [0.1, 0.15) is 18.4 Å². The molecule has 2 atom stereocenters. The molecule has 0 spiro atoms. The molecule has 86 valence electrons. The van der Waals surface area contributed by atoms with Crippen molar-refractivity contribution in [2.75, 3.05) is 19.6 Å². The highest BCUT2D eigenvalue weighted by Gasteiger charge is 2.32. The Bertz CT molecular complexity index is 336. The molecule has 2 nitrogen and oxygen atoms in total. The SMILES string of the molecule is c1ccc(CN2CC[C@@H]3NCC[C@@H]3C2)cc1. The zero-order chi connectivity index (χ0) is 10.8. The van der Waals surface area contributed by atoms with Crippen molar-refractivity contribution < 1.29 is 0 Å². The normalized spacial score (nSPS) is 30.2. The molecule has 0 aromatic heterocycles. The van der Waals surface area contributed by atoms with Crippen molar-refractivity contribution in [1.29, 1.82) is 0 Å². The molecule has 0 radical (unpaired) electrons. The molecule has 2 heteroatoms. The van der Waals surface area contributed by atoms with Crippen molar-refractivity contribution >= 4 is 0 Å². The van der Waals surface area contributed by atoms with E-state index in [2.05, 4.69) is 40.5 Å². The maximum atomic E-state index is 3.62. The third kappa shape index (κ3) is 2.13. The van der Waals surface area contributed by atoms with Crippen LogP contribution in [-0.2, 0) is 6.54 Å². The minimum Gasteiger partial charge on any atom is -0.314 e. The van der Waals surface area contributed by atoms with Gasteiger partial charge in [0, 0.05) is 19.1 Å². The van der Waals surface area contributed by atoms with Crippen LogP contribution < -0.4 is 5.32 Å². The molecular formula is C14H20N2. The smallest absolute Gasteiger partial charge is 0.0233 e. The van der Waals surface area contributed by atoms with Gasteiger partial charge in [-0.2, -0.15) is 0 Å². The molecule has 1 N–H and O–H groups in total. The van der Waals surface area contributed by atoms with E-state index in [0.717, 1.165) is 18.5 Å². The van der Waals surface area contributed by atoms with Crippen molar-refractivity contribution in [3.05, 3.63) is 35.9 Å². The lowest BCUT2D eigenvalue weighted by molar-refractivity contribution is 0.156. The molecule has 16 heavy (non-hydrogen) atoms. The summed E-state index contributed by atoms with van der Waals surface area (Å²) in [6.45, 7) is 4.90. The fourth-order valence-corrected chi connectivity index (χ4v) is 3.11. The van der Waals surface area contributed by atoms with Gasteiger partial charge in [0.25, 0.3) is 0 Å². The Hall–Kier alpha value is -0.860. The second kappa shape index (κ2) is 4.56. The first kappa shape index (κ1) is 10.3. The zero-order valence-corrected chi connectivity index (χ0v) is 9.73. The van der Waals surface area contributed by atoms with E-state index >= 15 is 0 Å². The predicted octanol–water partition coefficient (Wildman–Crippen LogP) is 1.87. The summed E-state index contributed by atoms with van der Waals surface area (Å²) in [5.74, 6) is 0.900. The highest BCUT2D eigenvalue weighted by Crippen LogP contribution is 2.25. The van der Waals surface area contributed by atoms with E-state index in [1.165, 1.54) is 38.0 Å². The van der Waals surface area contributed by atoms with Crippen LogP contribution in [0.2, 0.25) is 0 Å². The molecule has 0 saturated carbocycles. The standard InChI is InChI=1S/C14H20N2/c1-2-4-12(5-3-1)10-16-9-7-14-13(11-16)6-8-15-14/h1-5,13-15H,6-11H2/t13-,14+/m1/s1. The van der Waals surface area contributed by atoms with Gasteiger partial charge in [0.15, 0.2) is 0 Å². The Morgan fingerprint density at radius 2 is 2.06 bits per heavy atom. The maximum Gasteiger partial charge on any atom is 0.0233 e. The van der Waals surface area contributed by atoms with E-state index in [4.69, 9.17) is 0 Å². The summed E-state index contributed by atoms with van der Waals surface area (Å²) in [6.07, 6.45) is 2.70. The van der Waals surface area contributed by atoms with Crippen LogP contribution in [0.25, 0.3) is 0 Å². The van der Waals surface area contributed by atoms with Crippen LogP contribution in [0.5, 0.6) is 0 Å². The molecule has 0 bridgehead atoms. The number of hydrogen-bond donors (Lipinski definition) is 1. The van der Waals surface area contributed by atoms with E-state index in [-0.39, 0.29) is 0 Å². The van der Waals surface area contributed by atoms with Crippen molar-refractivity contribution in [1.82, 2.24) is 10.2 Å². The number of hydrogen-bond acceptors (Lipinski definition) is 2. The van der Waals surface area contributed by atoms with Crippen molar-refractivity contribution in [3.8, 4) is 0 Å². The minimum atomic E-state index is 0.812. The third-order valence-corrected chi connectivity index (χ3v) is 3.99. The van der Waals surface area contributed by atoms with E-state index in [9.17, 15) is 0 Å². The van der Waals surface area contributed by atoms with E-state index < -0.39 is 0 Å². The number of fused-ring (bicyclic) bond motifs is 1. The molecule has 1 aromatic rings. The van der Waals surface area contributed by atoms with Gasteiger partial charge in [-0.15, -0.1) is 0 Å². The van der Waals surface area contributed by atoms with Gasteiger partial charge in [-0.25, -0.2) is 0 Å². The summed E-state index contributed by atoms with van der Waals surface area (Å²) >= 11 is 0. The van der Waals surface area contributed by atoms with Gasteiger partial charge in [-0.05, 0) is 37.4 Å². The second-order valence-electron chi connectivity index (χ2n) is 5.12. The van der Waals surface area contributed by atoms with Crippen LogP contribution in [0.3, 0.4) is 0 Å². The van der Waals surface area contributed by atoms with Crippen LogP contribution in [0.4, 0.5) is 0 Å². The maximum absolute atomic E-state index is 3.62. The Morgan fingerprint density at radius 3 is 2.94 bits per heavy atom. The Morgan fingerprint density at radius 1 is 1.19 bits per heavy atom. The number of benzene rings is 1. The van der Waals surface area contributed by atoms with Crippen molar-refractivity contribution in [2.45, 2.75) is 25.4 Å². The largest absolute Gasteiger partial charge is 0.314 e. The summed E-state index contributed by atoms with van der Waals surface area (Å²) in [7, 11) is 0. The molecule has 0 amide bonds. The molecule has 2 aliphatic rings. The van der Waals surface area contributed by atoms with Crippen LogP contribution in [-0.4, -0.2) is 30.6 Å². The second-order valence-corrected chi connectivity index (χ2v) is 5.12. The van der Waals surface area contributed by atoms with Crippen molar-refractivity contribution in [2.24, 2.45) is 5.92 Å². The monoisotopic (exact) mass is 216 g/mol. The summed E-state index contributed by atoms with van der Waals surface area (Å²) in [4.78, 5) is 2.61. The Kier molecular flexibility index (Phi) is 2.94. The van der Waals surface area contributed by atoms with Crippen LogP contribution in [0.15, 0.2) is 30.3 Å². The first-order valence-corrected chi connectivity index (χ1v) is 6.41. The summed E-state index contributed by atoms with van der Waals surface area (Å²) in [5, 5.41) is 3.62. The molecule has 2 saturated heterocycles. The number of nitrogens with zero attached hydrogens (tertiary/aromatic N) is 1. The number of piperidine rings is 1. The fraction of sp³-hybridized carbons (Fsp3) is 0.571. The van der Waals surface area contributed by atoms with Gasteiger partial charge in [0.2, 0.25) is 0 Å². The molecule has 0 aliphatic carbocycles. The topological polar surface area (TPSA) is 15.3 Å². The average Bonchev–Trinajstić information content (AvgIpc) is 2.77. The van der Waals surface area contributed by atoms with Crippen LogP contribution in [0, 0.1) is 5.92 Å². The third-order valence-electron chi connectivity index (χ3n) is 3.99.